The van der Waals surface area contributed by atoms with Gasteiger partial charge in [0.1, 0.15) is 24.6 Å². The molecule has 1 aliphatic heterocycles. The van der Waals surface area contributed by atoms with Gasteiger partial charge in [0.05, 0.1) is 19.1 Å². The maximum atomic E-state index is 10.3. The second-order valence-electron chi connectivity index (χ2n) is 7.63. The minimum absolute atomic E-state index is 0.377. The second kappa shape index (κ2) is 9.04. The average Bonchev–Trinajstić information content (AvgIpc) is 3.41. The number of nitrogens with zero attached hydrogens (tertiary/aromatic N) is 5. The van der Waals surface area contributed by atoms with Crippen molar-refractivity contribution in [3.05, 3.63) is 72.8 Å². The minimum atomic E-state index is -1.23. The molecule has 1 fully saturated rings. The van der Waals surface area contributed by atoms with E-state index in [-0.39, 0.29) is 0 Å². The minimum Gasteiger partial charge on any atom is -0.394 e. The van der Waals surface area contributed by atoms with Crippen LogP contribution in [0.25, 0.3) is 22.3 Å². The summed E-state index contributed by atoms with van der Waals surface area (Å²) in [5.74, 6) is 0.377. The van der Waals surface area contributed by atoms with E-state index in [9.17, 15) is 15.3 Å². The fourth-order valence-corrected chi connectivity index (χ4v) is 3.79. The zero-order valence-electron chi connectivity index (χ0n) is 17.4. The van der Waals surface area contributed by atoms with Crippen LogP contribution >= 0.6 is 0 Å². The Morgan fingerprint density at radius 2 is 1.73 bits per heavy atom. The molecule has 0 amide bonds. The third kappa shape index (κ3) is 4.08. The number of nitrogens with one attached hydrogen (secondary N) is 1. The van der Waals surface area contributed by atoms with Gasteiger partial charge in [0, 0.05) is 0 Å². The van der Waals surface area contributed by atoms with E-state index in [1.807, 2.05) is 42.5 Å². The van der Waals surface area contributed by atoms with Crippen molar-refractivity contribution in [3.63, 3.8) is 0 Å². The van der Waals surface area contributed by atoms with E-state index < -0.39 is 31.1 Å². The van der Waals surface area contributed by atoms with E-state index in [2.05, 4.69) is 37.6 Å². The lowest BCUT2D eigenvalue weighted by molar-refractivity contribution is -0.0511. The molecule has 2 aromatic carbocycles. The maximum Gasteiger partial charge on any atom is 0.177 e. The summed E-state index contributed by atoms with van der Waals surface area (Å²) in [6, 6.07) is 18.1. The van der Waals surface area contributed by atoms with Gasteiger partial charge in [-0.05, 0) is 16.7 Å². The second-order valence-corrected chi connectivity index (χ2v) is 7.63. The zero-order chi connectivity index (χ0) is 22.8. The fraction of sp³-hybridized carbons (Fsp3) is 0.217. The largest absolute Gasteiger partial charge is 0.394 e. The van der Waals surface area contributed by atoms with Crippen molar-refractivity contribution in [2.24, 2.45) is 5.10 Å². The van der Waals surface area contributed by atoms with Crippen LogP contribution in [0.2, 0.25) is 0 Å². The molecule has 168 valence electrons. The van der Waals surface area contributed by atoms with E-state index in [1.54, 1.807) is 6.21 Å². The molecule has 1 aliphatic rings. The van der Waals surface area contributed by atoms with Crippen LogP contribution in [0.3, 0.4) is 0 Å². The smallest absolute Gasteiger partial charge is 0.177 e. The summed E-state index contributed by atoms with van der Waals surface area (Å²) in [6.07, 6.45) is 0.186. The van der Waals surface area contributed by atoms with Crippen LogP contribution < -0.4 is 5.43 Å². The van der Waals surface area contributed by atoms with Gasteiger partial charge in [0.2, 0.25) is 0 Å². The van der Waals surface area contributed by atoms with Gasteiger partial charge in [-0.2, -0.15) is 5.10 Å². The number of aliphatic hydroxyl groups is 3. The Morgan fingerprint density at radius 1 is 0.970 bits per heavy atom. The van der Waals surface area contributed by atoms with Gasteiger partial charge in [-0.3, -0.25) is 9.99 Å². The molecule has 0 bridgehead atoms. The topological polar surface area (TPSA) is 138 Å². The number of aliphatic hydroxyl groups excluding tert-OH is 3. The molecule has 1 saturated heterocycles. The van der Waals surface area contributed by atoms with Crippen LogP contribution in [0.15, 0.2) is 72.4 Å². The van der Waals surface area contributed by atoms with Crippen LogP contribution in [0, 0.1) is 0 Å². The van der Waals surface area contributed by atoms with Crippen LogP contribution in [-0.4, -0.2) is 66.0 Å². The number of benzene rings is 2. The van der Waals surface area contributed by atoms with Gasteiger partial charge < -0.3 is 20.1 Å². The quantitative estimate of drug-likeness (QED) is 0.259. The van der Waals surface area contributed by atoms with Crippen molar-refractivity contribution < 1.29 is 20.1 Å². The highest BCUT2D eigenvalue weighted by atomic mass is 16.6. The first-order valence-corrected chi connectivity index (χ1v) is 10.4. The van der Waals surface area contributed by atoms with Crippen molar-refractivity contribution in [1.29, 1.82) is 0 Å². The summed E-state index contributed by atoms with van der Waals surface area (Å²) in [6.45, 7) is -0.413. The molecule has 33 heavy (non-hydrogen) atoms. The first-order valence-electron chi connectivity index (χ1n) is 10.4. The molecular formula is C23H22N6O4. The Bertz CT molecular complexity index is 1260. The predicted molar refractivity (Wildman–Crippen MR) is 121 cm³/mol. The van der Waals surface area contributed by atoms with Crippen LogP contribution in [0.5, 0.6) is 0 Å². The van der Waals surface area contributed by atoms with Gasteiger partial charge in [0.25, 0.3) is 0 Å². The number of ether oxygens (including phenoxy) is 1. The number of hydrogen-bond acceptors (Lipinski definition) is 9. The molecule has 0 unspecified atom stereocenters. The summed E-state index contributed by atoms with van der Waals surface area (Å²) in [5.41, 5.74) is 6.86. The van der Waals surface area contributed by atoms with Crippen molar-refractivity contribution >= 4 is 23.2 Å². The monoisotopic (exact) mass is 446 g/mol. The Balaban J connectivity index is 1.32. The first kappa shape index (κ1) is 21.2. The highest BCUT2D eigenvalue weighted by molar-refractivity contribution is 5.85. The molecule has 4 aromatic rings. The van der Waals surface area contributed by atoms with Crippen LogP contribution in [0.4, 0.5) is 5.82 Å². The Hall–Kier alpha value is -3.70. The molecule has 4 N–H and O–H groups in total. The number of anilines is 1. The number of rotatable bonds is 6. The summed E-state index contributed by atoms with van der Waals surface area (Å²) >= 11 is 0. The van der Waals surface area contributed by atoms with E-state index in [0.29, 0.717) is 17.0 Å². The summed E-state index contributed by atoms with van der Waals surface area (Å²) in [5, 5.41) is 33.9. The highest BCUT2D eigenvalue weighted by Gasteiger charge is 2.44. The molecule has 3 heterocycles. The van der Waals surface area contributed by atoms with Crippen molar-refractivity contribution in [2.75, 3.05) is 12.0 Å². The highest BCUT2D eigenvalue weighted by Crippen LogP contribution is 2.32. The van der Waals surface area contributed by atoms with Gasteiger partial charge in [-0.1, -0.05) is 54.6 Å². The van der Waals surface area contributed by atoms with E-state index in [0.717, 1.165) is 16.7 Å². The Kier molecular flexibility index (Phi) is 5.80. The SMILES string of the molecule is OC[C@H]1O[C@@H](n2cnc3c(NN=Cc4ccc(-c5ccccc5)cc4)ncnc32)[C@H](O)[C@@H]1O. The molecule has 10 nitrogen and oxygen atoms in total. The van der Waals surface area contributed by atoms with E-state index in [1.165, 1.54) is 17.2 Å². The van der Waals surface area contributed by atoms with Gasteiger partial charge in [0.15, 0.2) is 23.2 Å². The molecule has 5 rings (SSSR count). The summed E-state index contributed by atoms with van der Waals surface area (Å²) in [7, 11) is 0. The van der Waals surface area contributed by atoms with Crippen LogP contribution in [-0.2, 0) is 4.74 Å². The Morgan fingerprint density at radius 3 is 2.45 bits per heavy atom. The van der Waals surface area contributed by atoms with Crippen molar-refractivity contribution in [2.45, 2.75) is 24.5 Å². The lowest BCUT2D eigenvalue weighted by atomic mass is 10.0. The predicted octanol–water partition coefficient (Wildman–Crippen LogP) is 1.55. The summed E-state index contributed by atoms with van der Waals surface area (Å²) in [4.78, 5) is 12.7. The molecule has 0 radical (unpaired) electrons. The molecule has 2 aromatic heterocycles. The fourth-order valence-electron chi connectivity index (χ4n) is 3.79. The third-order valence-corrected chi connectivity index (χ3v) is 5.55. The zero-order valence-corrected chi connectivity index (χ0v) is 17.4. The molecule has 0 saturated carbocycles. The third-order valence-electron chi connectivity index (χ3n) is 5.55. The van der Waals surface area contributed by atoms with Gasteiger partial charge >= 0.3 is 0 Å². The van der Waals surface area contributed by atoms with Crippen molar-refractivity contribution in [3.8, 4) is 11.1 Å². The number of hydrogen-bond donors (Lipinski definition) is 4. The normalized spacial score (nSPS) is 22.9. The maximum absolute atomic E-state index is 10.3. The standard InChI is InChI=1S/C23H22N6O4/c30-11-17-19(31)20(32)23(33-17)29-13-26-18-21(24-12-25-22(18)29)28-27-10-14-6-8-16(9-7-14)15-4-2-1-3-5-15/h1-10,12-13,17,19-20,23,30-32H,11H2,(H,24,25,28)/t17-,19-,20-,23-/m1/s1. The number of imidazole rings is 1. The van der Waals surface area contributed by atoms with E-state index >= 15 is 0 Å². The summed E-state index contributed by atoms with van der Waals surface area (Å²) < 4.78 is 7.07. The number of aromatic nitrogens is 4. The van der Waals surface area contributed by atoms with Gasteiger partial charge in [-0.25, -0.2) is 15.0 Å². The molecule has 0 aliphatic carbocycles. The molecule has 0 spiro atoms. The lowest BCUT2D eigenvalue weighted by Gasteiger charge is -2.16. The van der Waals surface area contributed by atoms with Crippen molar-refractivity contribution in [1.82, 2.24) is 19.5 Å². The average molecular weight is 446 g/mol. The number of fused-ring (bicyclic) bond motifs is 1. The molecule has 10 heteroatoms. The lowest BCUT2D eigenvalue weighted by Crippen LogP contribution is -2.33. The van der Waals surface area contributed by atoms with Crippen LogP contribution in [0.1, 0.15) is 11.8 Å². The van der Waals surface area contributed by atoms with Gasteiger partial charge in [-0.15, -0.1) is 0 Å². The van der Waals surface area contributed by atoms with E-state index in [4.69, 9.17) is 4.74 Å². The Labute approximate surface area is 188 Å². The molecular weight excluding hydrogens is 424 g/mol. The number of hydrazone groups is 1. The molecule has 4 atom stereocenters. The first-order chi connectivity index (χ1) is 16.2.